The van der Waals surface area contributed by atoms with E-state index in [1.165, 1.54) is 0 Å². The van der Waals surface area contributed by atoms with Crippen molar-refractivity contribution >= 4 is 5.69 Å². The van der Waals surface area contributed by atoms with E-state index >= 15 is 0 Å². The quantitative estimate of drug-likeness (QED) is 0.757. The fraction of sp³-hybridized carbons (Fsp3) is 0.500. The summed E-state index contributed by atoms with van der Waals surface area (Å²) >= 11 is 0. The number of rotatable bonds is 5. The first-order valence-electron chi connectivity index (χ1n) is 5.24. The number of nitrogens with two attached hydrogens (primary N) is 1. The van der Waals surface area contributed by atoms with Crippen molar-refractivity contribution in [3.63, 3.8) is 0 Å². The third kappa shape index (κ3) is 3.80. The summed E-state index contributed by atoms with van der Waals surface area (Å²) in [5.74, 6) is 0.872. The Bertz CT molecular complexity index is 312. The molecule has 2 N–H and O–H groups in total. The fourth-order valence-corrected chi connectivity index (χ4v) is 1.34. The van der Waals surface area contributed by atoms with Crippen LogP contribution in [-0.2, 0) is 4.74 Å². The van der Waals surface area contributed by atoms with Gasteiger partial charge in [0.15, 0.2) is 0 Å². The molecule has 0 aliphatic rings. The largest absolute Gasteiger partial charge is 0.488 e. The summed E-state index contributed by atoms with van der Waals surface area (Å²) in [4.78, 5) is 0. The number of aryl methyl sites for hydroxylation is 1. The molecule has 84 valence electrons. The molecule has 0 saturated heterocycles. The van der Waals surface area contributed by atoms with E-state index in [1.807, 2.05) is 39.0 Å². The van der Waals surface area contributed by atoms with Crippen molar-refractivity contribution in [1.29, 1.82) is 0 Å². The smallest absolute Gasteiger partial charge is 0.122 e. The van der Waals surface area contributed by atoms with E-state index in [4.69, 9.17) is 15.2 Å². The van der Waals surface area contributed by atoms with Crippen molar-refractivity contribution in [2.45, 2.75) is 26.9 Å². The standard InChI is InChI=1S/C12H19NO2/c1-4-14-8-10(3)15-12-6-5-11(13)7-9(12)2/h5-7,10H,4,8,13H2,1-3H3. The Hall–Kier alpha value is -1.22. The number of nitrogen functional groups attached to an aromatic ring is 1. The van der Waals surface area contributed by atoms with Crippen LogP contribution in [-0.4, -0.2) is 19.3 Å². The lowest BCUT2D eigenvalue weighted by Crippen LogP contribution is -2.19. The second kappa shape index (κ2) is 5.61. The zero-order valence-corrected chi connectivity index (χ0v) is 9.62. The van der Waals surface area contributed by atoms with Gasteiger partial charge in [0.05, 0.1) is 6.61 Å². The molecule has 1 unspecified atom stereocenters. The minimum atomic E-state index is 0.0623. The molecule has 1 rings (SSSR count). The van der Waals surface area contributed by atoms with E-state index in [0.717, 1.165) is 17.0 Å². The second-order valence-corrected chi connectivity index (χ2v) is 3.61. The van der Waals surface area contributed by atoms with Crippen LogP contribution < -0.4 is 10.5 Å². The second-order valence-electron chi connectivity index (χ2n) is 3.61. The van der Waals surface area contributed by atoms with Gasteiger partial charge in [-0.05, 0) is 44.5 Å². The van der Waals surface area contributed by atoms with Crippen LogP contribution in [0.1, 0.15) is 19.4 Å². The molecule has 0 spiro atoms. The summed E-state index contributed by atoms with van der Waals surface area (Å²) in [6.07, 6.45) is 0.0623. The summed E-state index contributed by atoms with van der Waals surface area (Å²) in [5, 5.41) is 0. The van der Waals surface area contributed by atoms with E-state index in [9.17, 15) is 0 Å². The maximum atomic E-state index is 5.72. The zero-order valence-electron chi connectivity index (χ0n) is 9.62. The van der Waals surface area contributed by atoms with E-state index in [-0.39, 0.29) is 6.10 Å². The van der Waals surface area contributed by atoms with Crippen LogP contribution in [0.2, 0.25) is 0 Å². The summed E-state index contributed by atoms with van der Waals surface area (Å²) in [6, 6.07) is 5.64. The van der Waals surface area contributed by atoms with E-state index < -0.39 is 0 Å². The average Bonchev–Trinajstić information content (AvgIpc) is 2.19. The molecule has 1 aromatic rings. The molecule has 0 saturated carbocycles. The van der Waals surface area contributed by atoms with Gasteiger partial charge < -0.3 is 15.2 Å². The normalized spacial score (nSPS) is 12.5. The monoisotopic (exact) mass is 209 g/mol. The Morgan fingerprint density at radius 3 is 2.73 bits per heavy atom. The molecule has 0 amide bonds. The number of hydrogen-bond donors (Lipinski definition) is 1. The highest BCUT2D eigenvalue weighted by molar-refractivity contribution is 5.47. The van der Waals surface area contributed by atoms with Gasteiger partial charge in [-0.15, -0.1) is 0 Å². The summed E-state index contributed by atoms with van der Waals surface area (Å²) < 4.78 is 11.0. The van der Waals surface area contributed by atoms with Gasteiger partial charge in [-0.3, -0.25) is 0 Å². The molecule has 0 heterocycles. The average molecular weight is 209 g/mol. The minimum absolute atomic E-state index is 0.0623. The lowest BCUT2D eigenvalue weighted by Gasteiger charge is -2.16. The van der Waals surface area contributed by atoms with Crippen LogP contribution >= 0.6 is 0 Å². The van der Waals surface area contributed by atoms with Crippen molar-refractivity contribution in [3.05, 3.63) is 23.8 Å². The Morgan fingerprint density at radius 1 is 1.40 bits per heavy atom. The molecule has 0 radical (unpaired) electrons. The van der Waals surface area contributed by atoms with Crippen molar-refractivity contribution in [1.82, 2.24) is 0 Å². The molecule has 0 fully saturated rings. The maximum absolute atomic E-state index is 5.72. The van der Waals surface area contributed by atoms with E-state index in [2.05, 4.69) is 0 Å². The van der Waals surface area contributed by atoms with Crippen LogP contribution in [0, 0.1) is 6.92 Å². The third-order valence-corrected chi connectivity index (χ3v) is 2.08. The summed E-state index contributed by atoms with van der Waals surface area (Å²) in [7, 11) is 0. The van der Waals surface area contributed by atoms with Crippen LogP contribution in [0.5, 0.6) is 5.75 Å². The Kier molecular flexibility index (Phi) is 4.43. The number of anilines is 1. The molecule has 3 heteroatoms. The Labute approximate surface area is 91.2 Å². The zero-order chi connectivity index (χ0) is 11.3. The first-order chi connectivity index (χ1) is 7.13. The SMILES string of the molecule is CCOCC(C)Oc1ccc(N)cc1C. The van der Waals surface area contributed by atoms with Crippen molar-refractivity contribution in [2.75, 3.05) is 18.9 Å². The van der Waals surface area contributed by atoms with Gasteiger partial charge in [-0.2, -0.15) is 0 Å². The highest BCUT2D eigenvalue weighted by Gasteiger charge is 2.06. The van der Waals surface area contributed by atoms with Gasteiger partial charge in [-0.1, -0.05) is 0 Å². The molecule has 1 atom stereocenters. The van der Waals surface area contributed by atoms with Gasteiger partial charge in [0.1, 0.15) is 11.9 Å². The van der Waals surface area contributed by atoms with Crippen molar-refractivity contribution < 1.29 is 9.47 Å². The first kappa shape index (κ1) is 11.9. The molecule has 0 aliphatic heterocycles. The molecule has 1 aromatic carbocycles. The number of benzene rings is 1. The van der Waals surface area contributed by atoms with Crippen LogP contribution in [0.3, 0.4) is 0 Å². The molecule has 0 aromatic heterocycles. The summed E-state index contributed by atoms with van der Waals surface area (Å²) in [6.45, 7) is 7.28. The fourth-order valence-electron chi connectivity index (χ4n) is 1.34. The lowest BCUT2D eigenvalue weighted by molar-refractivity contribution is 0.0654. The van der Waals surface area contributed by atoms with Gasteiger partial charge in [0.2, 0.25) is 0 Å². The van der Waals surface area contributed by atoms with E-state index in [0.29, 0.717) is 13.2 Å². The molecular weight excluding hydrogens is 190 g/mol. The topological polar surface area (TPSA) is 44.5 Å². The van der Waals surface area contributed by atoms with Gasteiger partial charge in [0.25, 0.3) is 0 Å². The first-order valence-corrected chi connectivity index (χ1v) is 5.24. The van der Waals surface area contributed by atoms with Crippen molar-refractivity contribution in [2.24, 2.45) is 0 Å². The van der Waals surface area contributed by atoms with Gasteiger partial charge in [0, 0.05) is 12.3 Å². The van der Waals surface area contributed by atoms with E-state index in [1.54, 1.807) is 0 Å². The number of ether oxygens (including phenoxy) is 2. The number of hydrogen-bond acceptors (Lipinski definition) is 3. The molecule has 0 bridgehead atoms. The highest BCUT2D eigenvalue weighted by atomic mass is 16.5. The van der Waals surface area contributed by atoms with Crippen LogP contribution in [0.4, 0.5) is 5.69 Å². The Morgan fingerprint density at radius 2 is 2.13 bits per heavy atom. The lowest BCUT2D eigenvalue weighted by atomic mass is 10.2. The van der Waals surface area contributed by atoms with Crippen LogP contribution in [0.25, 0.3) is 0 Å². The van der Waals surface area contributed by atoms with Gasteiger partial charge in [-0.25, -0.2) is 0 Å². The molecule has 15 heavy (non-hydrogen) atoms. The highest BCUT2D eigenvalue weighted by Crippen LogP contribution is 2.21. The Balaban J connectivity index is 2.56. The predicted molar refractivity (Wildman–Crippen MR) is 62.2 cm³/mol. The molecule has 3 nitrogen and oxygen atoms in total. The molecule has 0 aliphatic carbocycles. The third-order valence-electron chi connectivity index (χ3n) is 2.08. The van der Waals surface area contributed by atoms with Crippen molar-refractivity contribution in [3.8, 4) is 5.75 Å². The van der Waals surface area contributed by atoms with Crippen LogP contribution in [0.15, 0.2) is 18.2 Å². The minimum Gasteiger partial charge on any atom is -0.488 e. The summed E-state index contributed by atoms with van der Waals surface area (Å²) in [5.41, 5.74) is 7.47. The predicted octanol–water partition coefficient (Wildman–Crippen LogP) is 2.38. The molecular formula is C12H19NO2. The van der Waals surface area contributed by atoms with Gasteiger partial charge >= 0.3 is 0 Å². The maximum Gasteiger partial charge on any atom is 0.122 e.